The number of benzene rings is 3. The van der Waals surface area contributed by atoms with Crippen LogP contribution in [0.5, 0.6) is 5.75 Å². The third-order valence-corrected chi connectivity index (χ3v) is 3.32. The molecule has 0 bridgehead atoms. The first-order valence-corrected chi connectivity index (χ1v) is 7.17. The van der Waals surface area contributed by atoms with Crippen LogP contribution in [-0.2, 0) is 4.74 Å². The Kier molecular flexibility index (Phi) is 4.35. The Morgan fingerprint density at radius 1 is 0.773 bits per heavy atom. The topological polar surface area (TPSA) is 35.5 Å². The lowest BCUT2D eigenvalue weighted by molar-refractivity contribution is 0.0450. The SMILES string of the molecule is O=C(OCCOc1ccc2ccccc2c1)c1ccccc1. The Labute approximate surface area is 129 Å². The minimum Gasteiger partial charge on any atom is -0.490 e. The fourth-order valence-corrected chi connectivity index (χ4v) is 2.21. The zero-order valence-electron chi connectivity index (χ0n) is 12.1. The second kappa shape index (κ2) is 6.76. The highest BCUT2D eigenvalue weighted by Crippen LogP contribution is 2.20. The number of hydrogen-bond donors (Lipinski definition) is 0. The van der Waals surface area contributed by atoms with Crippen LogP contribution in [0.3, 0.4) is 0 Å². The first kappa shape index (κ1) is 14.1. The summed E-state index contributed by atoms with van der Waals surface area (Å²) in [6.45, 7) is 0.553. The second-order valence-corrected chi connectivity index (χ2v) is 4.86. The maximum Gasteiger partial charge on any atom is 0.338 e. The molecule has 0 heterocycles. The summed E-state index contributed by atoms with van der Waals surface area (Å²) in [5.41, 5.74) is 0.549. The molecule has 22 heavy (non-hydrogen) atoms. The number of carbonyl (C=O) groups is 1. The van der Waals surface area contributed by atoms with E-state index in [9.17, 15) is 4.79 Å². The molecule has 0 aliphatic heterocycles. The predicted molar refractivity (Wildman–Crippen MR) is 86.2 cm³/mol. The first-order chi connectivity index (χ1) is 10.8. The molecule has 3 nitrogen and oxygen atoms in total. The summed E-state index contributed by atoms with van der Waals surface area (Å²) in [4.78, 5) is 11.8. The summed E-state index contributed by atoms with van der Waals surface area (Å²) in [5, 5.41) is 2.30. The van der Waals surface area contributed by atoms with Crippen molar-refractivity contribution in [1.29, 1.82) is 0 Å². The van der Waals surface area contributed by atoms with E-state index in [0.717, 1.165) is 11.1 Å². The quantitative estimate of drug-likeness (QED) is 0.525. The third kappa shape index (κ3) is 3.44. The van der Waals surface area contributed by atoms with Crippen LogP contribution in [0.25, 0.3) is 10.8 Å². The van der Waals surface area contributed by atoms with Crippen molar-refractivity contribution >= 4 is 16.7 Å². The van der Waals surface area contributed by atoms with Crippen molar-refractivity contribution in [1.82, 2.24) is 0 Å². The number of carbonyl (C=O) groups excluding carboxylic acids is 1. The van der Waals surface area contributed by atoms with Gasteiger partial charge in [-0.3, -0.25) is 0 Å². The predicted octanol–water partition coefficient (Wildman–Crippen LogP) is 4.08. The zero-order valence-corrected chi connectivity index (χ0v) is 12.1. The fraction of sp³-hybridized carbons (Fsp3) is 0.105. The van der Waals surface area contributed by atoms with Gasteiger partial charge in [-0.25, -0.2) is 4.79 Å². The molecule has 0 fully saturated rings. The molecule has 0 unspecified atom stereocenters. The van der Waals surface area contributed by atoms with Gasteiger partial charge in [0.1, 0.15) is 19.0 Å². The monoisotopic (exact) mass is 292 g/mol. The molecule has 3 rings (SSSR count). The Bertz CT molecular complexity index is 766. The molecule has 3 aromatic carbocycles. The summed E-state index contributed by atoms with van der Waals surface area (Å²) in [7, 11) is 0. The molecule has 0 radical (unpaired) electrons. The van der Waals surface area contributed by atoms with Crippen molar-refractivity contribution < 1.29 is 14.3 Å². The highest BCUT2D eigenvalue weighted by atomic mass is 16.6. The van der Waals surface area contributed by atoms with Gasteiger partial charge in [0.05, 0.1) is 5.56 Å². The van der Waals surface area contributed by atoms with Gasteiger partial charge in [0.2, 0.25) is 0 Å². The molecule has 3 heteroatoms. The van der Waals surface area contributed by atoms with Crippen LogP contribution < -0.4 is 4.74 Å². The number of rotatable bonds is 5. The average Bonchev–Trinajstić information content (AvgIpc) is 2.59. The van der Waals surface area contributed by atoms with Gasteiger partial charge in [0.15, 0.2) is 0 Å². The average molecular weight is 292 g/mol. The smallest absolute Gasteiger partial charge is 0.338 e. The van der Waals surface area contributed by atoms with Gasteiger partial charge in [-0.2, -0.15) is 0 Å². The van der Waals surface area contributed by atoms with Crippen LogP contribution >= 0.6 is 0 Å². The van der Waals surface area contributed by atoms with E-state index in [4.69, 9.17) is 9.47 Å². The van der Waals surface area contributed by atoms with E-state index in [0.29, 0.717) is 12.2 Å². The molecule has 0 amide bonds. The lowest BCUT2D eigenvalue weighted by Gasteiger charge is -2.08. The van der Waals surface area contributed by atoms with Gasteiger partial charge in [0, 0.05) is 0 Å². The van der Waals surface area contributed by atoms with E-state index in [1.54, 1.807) is 12.1 Å². The maximum absolute atomic E-state index is 11.8. The molecule has 110 valence electrons. The highest BCUT2D eigenvalue weighted by Gasteiger charge is 2.05. The van der Waals surface area contributed by atoms with Crippen LogP contribution in [0.1, 0.15) is 10.4 Å². The van der Waals surface area contributed by atoms with Crippen molar-refractivity contribution in [3.8, 4) is 5.75 Å². The van der Waals surface area contributed by atoms with Gasteiger partial charge < -0.3 is 9.47 Å². The largest absolute Gasteiger partial charge is 0.490 e. The minimum atomic E-state index is -0.331. The summed E-state index contributed by atoms with van der Waals surface area (Å²) in [6.07, 6.45) is 0. The van der Waals surface area contributed by atoms with Gasteiger partial charge >= 0.3 is 5.97 Å². The number of fused-ring (bicyclic) bond motifs is 1. The molecular weight excluding hydrogens is 276 g/mol. The molecule has 0 spiro atoms. The zero-order chi connectivity index (χ0) is 15.2. The van der Waals surface area contributed by atoms with Gasteiger partial charge in [-0.15, -0.1) is 0 Å². The van der Waals surface area contributed by atoms with E-state index in [1.807, 2.05) is 54.6 Å². The molecule has 0 aliphatic rings. The normalized spacial score (nSPS) is 10.4. The first-order valence-electron chi connectivity index (χ1n) is 7.17. The molecule has 0 saturated heterocycles. The highest BCUT2D eigenvalue weighted by molar-refractivity contribution is 5.89. The Hall–Kier alpha value is -2.81. The van der Waals surface area contributed by atoms with E-state index < -0.39 is 0 Å². The number of ether oxygens (including phenoxy) is 2. The summed E-state index contributed by atoms with van der Waals surface area (Å²) in [6, 6.07) is 22.9. The Balaban J connectivity index is 1.51. The standard InChI is InChI=1S/C19H16O3/c20-19(16-7-2-1-3-8-16)22-13-12-21-18-11-10-15-6-4-5-9-17(15)14-18/h1-11,14H,12-13H2. The lowest BCUT2D eigenvalue weighted by atomic mass is 10.1. The van der Waals surface area contributed by atoms with Crippen LogP contribution in [-0.4, -0.2) is 19.2 Å². The lowest BCUT2D eigenvalue weighted by Crippen LogP contribution is -2.12. The van der Waals surface area contributed by atoms with Crippen molar-refractivity contribution in [3.05, 3.63) is 78.4 Å². The van der Waals surface area contributed by atoms with Gasteiger partial charge in [0.25, 0.3) is 0 Å². The van der Waals surface area contributed by atoms with Crippen molar-refractivity contribution in [3.63, 3.8) is 0 Å². The van der Waals surface area contributed by atoms with Crippen LogP contribution in [0, 0.1) is 0 Å². The number of hydrogen-bond acceptors (Lipinski definition) is 3. The third-order valence-electron chi connectivity index (χ3n) is 3.32. The molecule has 0 saturated carbocycles. The van der Waals surface area contributed by atoms with Crippen LogP contribution in [0.15, 0.2) is 72.8 Å². The summed E-state index contributed by atoms with van der Waals surface area (Å²) < 4.78 is 10.8. The molecular formula is C19H16O3. The molecule has 0 aliphatic carbocycles. The minimum absolute atomic E-state index is 0.223. The fourth-order valence-electron chi connectivity index (χ4n) is 2.21. The molecule has 0 atom stereocenters. The van der Waals surface area contributed by atoms with E-state index in [1.165, 1.54) is 5.39 Å². The maximum atomic E-state index is 11.8. The molecule has 3 aromatic rings. The second-order valence-electron chi connectivity index (χ2n) is 4.86. The summed E-state index contributed by atoms with van der Waals surface area (Å²) in [5.74, 6) is 0.442. The van der Waals surface area contributed by atoms with Crippen LogP contribution in [0.4, 0.5) is 0 Å². The Morgan fingerprint density at radius 2 is 1.50 bits per heavy atom. The molecule has 0 N–H and O–H groups in total. The van der Waals surface area contributed by atoms with Gasteiger partial charge in [-0.05, 0) is 35.0 Å². The van der Waals surface area contributed by atoms with Crippen molar-refractivity contribution in [2.45, 2.75) is 0 Å². The molecule has 0 aromatic heterocycles. The van der Waals surface area contributed by atoms with Crippen molar-refractivity contribution in [2.24, 2.45) is 0 Å². The van der Waals surface area contributed by atoms with Crippen molar-refractivity contribution in [2.75, 3.05) is 13.2 Å². The summed E-state index contributed by atoms with van der Waals surface area (Å²) >= 11 is 0. The number of esters is 1. The van der Waals surface area contributed by atoms with E-state index in [2.05, 4.69) is 6.07 Å². The van der Waals surface area contributed by atoms with Gasteiger partial charge in [-0.1, -0.05) is 48.5 Å². The van der Waals surface area contributed by atoms with E-state index in [-0.39, 0.29) is 12.6 Å². The van der Waals surface area contributed by atoms with E-state index >= 15 is 0 Å². The Morgan fingerprint density at radius 3 is 2.32 bits per heavy atom. The van der Waals surface area contributed by atoms with Crippen LogP contribution in [0.2, 0.25) is 0 Å².